The van der Waals surface area contributed by atoms with E-state index in [1.807, 2.05) is 42.5 Å². The van der Waals surface area contributed by atoms with Gasteiger partial charge in [0.1, 0.15) is 11.6 Å². The van der Waals surface area contributed by atoms with Crippen LogP contribution in [0.2, 0.25) is 0 Å². The fourth-order valence-corrected chi connectivity index (χ4v) is 4.85. The first-order valence-electron chi connectivity index (χ1n) is 13.5. The smallest absolute Gasteiger partial charge is 0.227 e. The lowest BCUT2D eigenvalue weighted by Gasteiger charge is -2.29. The summed E-state index contributed by atoms with van der Waals surface area (Å²) in [5.74, 6) is -1.53. The standard InChI is InChI=1S/C31H37F2N3O3/c1-2-22-4-3-5-24(14-22)20-36(21-30(37)29(34)17-25-15-26(32)19-27(33)16-25)31(38)18-23-6-8-28(9-7-23)35-10-12-39-13-11-35/h3-9,14-16,19,29-30,37H,2,10-13,17-18,20-21,34H2,1H3. The molecule has 1 aliphatic heterocycles. The molecule has 3 aromatic rings. The molecule has 1 fully saturated rings. The largest absolute Gasteiger partial charge is 0.390 e. The molecule has 3 N–H and O–H groups in total. The Morgan fingerprint density at radius 2 is 1.64 bits per heavy atom. The molecule has 2 unspecified atom stereocenters. The molecule has 1 aliphatic rings. The minimum Gasteiger partial charge on any atom is -0.390 e. The van der Waals surface area contributed by atoms with Crippen molar-refractivity contribution in [1.29, 1.82) is 0 Å². The number of aliphatic hydroxyl groups excluding tert-OH is 1. The van der Waals surface area contributed by atoms with Crippen molar-refractivity contribution >= 4 is 11.6 Å². The molecule has 1 heterocycles. The number of nitrogens with two attached hydrogens (primary N) is 1. The molecular weight excluding hydrogens is 500 g/mol. The minimum atomic E-state index is -1.08. The van der Waals surface area contributed by atoms with Crippen LogP contribution in [0.1, 0.15) is 29.2 Å². The summed E-state index contributed by atoms with van der Waals surface area (Å²) in [4.78, 5) is 17.4. The Balaban J connectivity index is 1.46. The number of ether oxygens (including phenoxy) is 1. The van der Waals surface area contributed by atoms with Gasteiger partial charge < -0.3 is 25.4 Å². The van der Waals surface area contributed by atoms with Crippen molar-refractivity contribution in [2.75, 3.05) is 37.7 Å². The Bertz CT molecular complexity index is 1210. The zero-order valence-electron chi connectivity index (χ0n) is 22.4. The lowest BCUT2D eigenvalue weighted by Crippen LogP contribution is -2.46. The normalized spacial score (nSPS) is 15.2. The van der Waals surface area contributed by atoms with E-state index in [0.717, 1.165) is 48.0 Å². The Morgan fingerprint density at radius 1 is 0.974 bits per heavy atom. The average Bonchev–Trinajstić information content (AvgIpc) is 2.93. The molecule has 39 heavy (non-hydrogen) atoms. The molecule has 1 amide bonds. The van der Waals surface area contributed by atoms with Crippen molar-refractivity contribution < 1.29 is 23.4 Å². The summed E-state index contributed by atoms with van der Waals surface area (Å²) in [6, 6.07) is 18.4. The summed E-state index contributed by atoms with van der Waals surface area (Å²) in [6.45, 7) is 5.46. The van der Waals surface area contributed by atoms with Crippen LogP contribution in [-0.2, 0) is 35.3 Å². The molecule has 3 aromatic carbocycles. The number of aliphatic hydroxyl groups is 1. The van der Waals surface area contributed by atoms with Crippen molar-refractivity contribution in [3.05, 3.63) is 101 Å². The van der Waals surface area contributed by atoms with Crippen molar-refractivity contribution in [2.24, 2.45) is 5.73 Å². The third kappa shape index (κ3) is 8.33. The molecule has 0 spiro atoms. The van der Waals surface area contributed by atoms with Gasteiger partial charge in [0.05, 0.1) is 25.7 Å². The molecule has 0 aliphatic carbocycles. The minimum absolute atomic E-state index is 0.0000117. The van der Waals surface area contributed by atoms with Gasteiger partial charge in [-0.1, -0.05) is 43.3 Å². The molecule has 0 radical (unpaired) electrons. The second-order valence-corrected chi connectivity index (χ2v) is 10.1. The van der Waals surface area contributed by atoms with E-state index in [-0.39, 0.29) is 25.3 Å². The molecule has 208 valence electrons. The van der Waals surface area contributed by atoms with Gasteiger partial charge in [-0.05, 0) is 59.4 Å². The topological polar surface area (TPSA) is 79.0 Å². The fraction of sp³-hybridized carbons (Fsp3) is 0.387. The number of carbonyl (C=O) groups excluding carboxylic acids is 1. The molecular formula is C31H37F2N3O3. The monoisotopic (exact) mass is 537 g/mol. The molecule has 0 saturated carbocycles. The molecule has 6 nitrogen and oxygen atoms in total. The van der Waals surface area contributed by atoms with E-state index in [2.05, 4.69) is 17.9 Å². The van der Waals surface area contributed by atoms with Gasteiger partial charge in [0.15, 0.2) is 0 Å². The van der Waals surface area contributed by atoms with Crippen molar-refractivity contribution in [2.45, 2.75) is 44.9 Å². The second kappa shape index (κ2) is 13.6. The summed E-state index contributed by atoms with van der Waals surface area (Å²) in [5, 5.41) is 10.9. The number of anilines is 1. The van der Waals surface area contributed by atoms with Crippen LogP contribution in [0.3, 0.4) is 0 Å². The van der Waals surface area contributed by atoms with Gasteiger partial charge >= 0.3 is 0 Å². The fourth-order valence-electron chi connectivity index (χ4n) is 4.85. The van der Waals surface area contributed by atoms with E-state index in [9.17, 15) is 18.7 Å². The molecule has 8 heteroatoms. The third-order valence-corrected chi connectivity index (χ3v) is 7.09. The van der Waals surface area contributed by atoms with E-state index in [0.29, 0.717) is 25.3 Å². The first-order chi connectivity index (χ1) is 18.8. The van der Waals surface area contributed by atoms with Crippen LogP contribution in [0.5, 0.6) is 0 Å². The van der Waals surface area contributed by atoms with E-state index >= 15 is 0 Å². The maximum absolute atomic E-state index is 13.6. The number of benzene rings is 3. The van der Waals surface area contributed by atoms with Crippen LogP contribution in [0, 0.1) is 11.6 Å². The Labute approximate surface area is 229 Å². The van der Waals surface area contributed by atoms with Crippen molar-refractivity contribution in [1.82, 2.24) is 4.90 Å². The van der Waals surface area contributed by atoms with Crippen molar-refractivity contribution in [3.8, 4) is 0 Å². The zero-order valence-corrected chi connectivity index (χ0v) is 22.4. The van der Waals surface area contributed by atoms with Gasteiger partial charge in [0, 0.05) is 44.0 Å². The van der Waals surface area contributed by atoms with E-state index in [1.165, 1.54) is 12.1 Å². The number of nitrogens with zero attached hydrogens (tertiary/aromatic N) is 2. The van der Waals surface area contributed by atoms with Gasteiger partial charge in [0.2, 0.25) is 5.91 Å². The highest BCUT2D eigenvalue weighted by atomic mass is 19.1. The summed E-state index contributed by atoms with van der Waals surface area (Å²) in [6.07, 6.45) is 0.0353. The second-order valence-electron chi connectivity index (χ2n) is 10.1. The SMILES string of the molecule is CCc1cccc(CN(CC(O)C(N)Cc2cc(F)cc(F)c2)C(=O)Cc2ccc(N3CCOCC3)cc2)c1. The van der Waals surface area contributed by atoms with Gasteiger partial charge in [-0.3, -0.25) is 4.79 Å². The lowest BCUT2D eigenvalue weighted by atomic mass is 10.0. The van der Waals surface area contributed by atoms with Crippen molar-refractivity contribution in [3.63, 3.8) is 0 Å². The summed E-state index contributed by atoms with van der Waals surface area (Å²) in [7, 11) is 0. The highest BCUT2D eigenvalue weighted by molar-refractivity contribution is 5.79. The first kappa shape index (κ1) is 28.7. The molecule has 1 saturated heterocycles. The Kier molecular flexibility index (Phi) is 10.0. The van der Waals surface area contributed by atoms with E-state index < -0.39 is 23.8 Å². The maximum Gasteiger partial charge on any atom is 0.227 e. The maximum atomic E-state index is 13.6. The third-order valence-electron chi connectivity index (χ3n) is 7.09. The molecule has 2 atom stereocenters. The predicted octanol–water partition coefficient (Wildman–Crippen LogP) is 3.87. The number of aryl methyl sites for hydroxylation is 1. The number of rotatable bonds is 11. The Morgan fingerprint density at radius 3 is 2.31 bits per heavy atom. The molecule has 0 bridgehead atoms. The predicted molar refractivity (Wildman–Crippen MR) is 148 cm³/mol. The van der Waals surface area contributed by atoms with Gasteiger partial charge in [-0.25, -0.2) is 8.78 Å². The van der Waals surface area contributed by atoms with Crippen LogP contribution in [-0.4, -0.2) is 60.9 Å². The van der Waals surface area contributed by atoms with Gasteiger partial charge in [0.25, 0.3) is 0 Å². The average molecular weight is 538 g/mol. The lowest BCUT2D eigenvalue weighted by molar-refractivity contribution is -0.132. The quantitative estimate of drug-likeness (QED) is 0.388. The van der Waals surface area contributed by atoms with Crippen LogP contribution < -0.4 is 10.6 Å². The molecule has 0 aromatic heterocycles. The van der Waals surface area contributed by atoms with Crippen LogP contribution in [0.15, 0.2) is 66.7 Å². The van der Waals surface area contributed by atoms with Crippen LogP contribution >= 0.6 is 0 Å². The highest BCUT2D eigenvalue weighted by Crippen LogP contribution is 2.19. The van der Waals surface area contributed by atoms with Gasteiger partial charge in [-0.15, -0.1) is 0 Å². The summed E-state index contributed by atoms with van der Waals surface area (Å²) in [5.41, 5.74) is 10.7. The van der Waals surface area contributed by atoms with Gasteiger partial charge in [-0.2, -0.15) is 0 Å². The summed E-state index contributed by atoms with van der Waals surface area (Å²) < 4.78 is 32.7. The number of morpholine rings is 1. The number of hydrogen-bond donors (Lipinski definition) is 2. The highest BCUT2D eigenvalue weighted by Gasteiger charge is 2.23. The van der Waals surface area contributed by atoms with E-state index in [4.69, 9.17) is 10.5 Å². The summed E-state index contributed by atoms with van der Waals surface area (Å²) >= 11 is 0. The number of amides is 1. The number of halogens is 2. The zero-order chi connectivity index (χ0) is 27.8. The van der Waals surface area contributed by atoms with E-state index in [1.54, 1.807) is 4.90 Å². The number of hydrogen-bond acceptors (Lipinski definition) is 5. The molecule has 4 rings (SSSR count). The van der Waals surface area contributed by atoms with Crippen LogP contribution in [0.4, 0.5) is 14.5 Å². The number of carbonyl (C=O) groups is 1. The van der Waals surface area contributed by atoms with Crippen LogP contribution in [0.25, 0.3) is 0 Å². The Hall–Kier alpha value is -3.33. The first-order valence-corrected chi connectivity index (χ1v) is 13.5.